The summed E-state index contributed by atoms with van der Waals surface area (Å²) in [4.78, 5) is 4.27. The Morgan fingerprint density at radius 3 is 2.63 bits per heavy atom. The van der Waals surface area contributed by atoms with Crippen LogP contribution in [0.5, 0.6) is 0 Å². The van der Waals surface area contributed by atoms with Crippen LogP contribution in [0.25, 0.3) is 0 Å². The van der Waals surface area contributed by atoms with Gasteiger partial charge in [-0.1, -0.05) is 6.07 Å². The number of nitrogens with one attached hydrogen (secondary N) is 1. The number of rotatable bonds is 9. The molecule has 0 spiro atoms. The first-order valence-electron chi connectivity index (χ1n) is 7.30. The molecule has 0 unspecified atom stereocenters. The second kappa shape index (κ2) is 9.05. The molecule has 0 aliphatic heterocycles. The molecule has 1 N–H and O–H groups in total. The van der Waals surface area contributed by atoms with Gasteiger partial charge in [0.1, 0.15) is 0 Å². The van der Waals surface area contributed by atoms with Crippen LogP contribution < -0.4 is 5.32 Å². The maximum absolute atomic E-state index is 5.62. The van der Waals surface area contributed by atoms with Crippen LogP contribution in [0.2, 0.25) is 0 Å². The number of nitrogens with zero attached hydrogens (tertiary/aromatic N) is 1. The van der Waals surface area contributed by atoms with Gasteiger partial charge in [-0.25, -0.2) is 0 Å². The SMILES string of the molecule is CC(C)(C)NCCCCCOCCc1ccccn1. The van der Waals surface area contributed by atoms with Crippen LogP contribution in [0.1, 0.15) is 45.7 Å². The minimum atomic E-state index is 0.235. The molecule has 0 saturated heterocycles. The number of hydrogen-bond donors (Lipinski definition) is 1. The molecule has 0 aromatic carbocycles. The second-order valence-corrected chi connectivity index (χ2v) is 5.92. The van der Waals surface area contributed by atoms with Crippen molar-refractivity contribution in [2.75, 3.05) is 19.8 Å². The van der Waals surface area contributed by atoms with Crippen LogP contribution in [0.3, 0.4) is 0 Å². The second-order valence-electron chi connectivity index (χ2n) is 5.92. The number of unbranched alkanes of at least 4 members (excludes halogenated alkanes) is 2. The zero-order chi connectivity index (χ0) is 14.0. The molecule has 108 valence electrons. The predicted octanol–water partition coefficient (Wildman–Crippen LogP) is 3.20. The van der Waals surface area contributed by atoms with Crippen molar-refractivity contribution in [2.45, 2.75) is 52.0 Å². The minimum absolute atomic E-state index is 0.235. The van der Waals surface area contributed by atoms with Gasteiger partial charge in [0.15, 0.2) is 0 Å². The van der Waals surface area contributed by atoms with Crippen LogP contribution in [0.4, 0.5) is 0 Å². The van der Waals surface area contributed by atoms with Crippen molar-refractivity contribution >= 4 is 0 Å². The summed E-state index contributed by atoms with van der Waals surface area (Å²) in [6.07, 6.45) is 6.34. The van der Waals surface area contributed by atoms with Gasteiger partial charge in [-0.2, -0.15) is 0 Å². The van der Waals surface area contributed by atoms with Gasteiger partial charge >= 0.3 is 0 Å². The Hall–Kier alpha value is -0.930. The summed E-state index contributed by atoms with van der Waals surface area (Å²) in [5.74, 6) is 0. The number of pyridine rings is 1. The van der Waals surface area contributed by atoms with Crippen molar-refractivity contribution in [3.05, 3.63) is 30.1 Å². The minimum Gasteiger partial charge on any atom is -0.381 e. The van der Waals surface area contributed by atoms with Crippen LogP contribution in [-0.2, 0) is 11.2 Å². The quantitative estimate of drug-likeness (QED) is 0.696. The Balaban J connectivity index is 1.87. The predicted molar refractivity (Wildman–Crippen MR) is 80.4 cm³/mol. The highest BCUT2D eigenvalue weighted by Gasteiger charge is 2.06. The van der Waals surface area contributed by atoms with Crippen LogP contribution >= 0.6 is 0 Å². The zero-order valence-electron chi connectivity index (χ0n) is 12.6. The molecule has 0 amide bonds. The molecule has 3 heteroatoms. The third kappa shape index (κ3) is 9.62. The summed E-state index contributed by atoms with van der Waals surface area (Å²) in [7, 11) is 0. The van der Waals surface area contributed by atoms with Gasteiger partial charge in [0.2, 0.25) is 0 Å². The van der Waals surface area contributed by atoms with Crippen molar-refractivity contribution in [1.29, 1.82) is 0 Å². The fraction of sp³-hybridized carbons (Fsp3) is 0.688. The molecule has 0 bridgehead atoms. The van der Waals surface area contributed by atoms with Gasteiger partial charge in [-0.3, -0.25) is 4.98 Å². The third-order valence-electron chi connectivity index (χ3n) is 2.85. The molecule has 1 heterocycles. The third-order valence-corrected chi connectivity index (χ3v) is 2.85. The molecule has 1 rings (SSSR count). The van der Waals surface area contributed by atoms with E-state index in [1.165, 1.54) is 12.8 Å². The molecule has 1 aromatic rings. The first-order chi connectivity index (χ1) is 9.08. The zero-order valence-corrected chi connectivity index (χ0v) is 12.6. The highest BCUT2D eigenvalue weighted by molar-refractivity contribution is 5.03. The van der Waals surface area contributed by atoms with Gasteiger partial charge in [0, 0.05) is 30.5 Å². The van der Waals surface area contributed by atoms with Crippen molar-refractivity contribution in [3.63, 3.8) is 0 Å². The smallest absolute Gasteiger partial charge is 0.0521 e. The topological polar surface area (TPSA) is 34.1 Å². The van der Waals surface area contributed by atoms with E-state index in [1.807, 2.05) is 24.4 Å². The van der Waals surface area contributed by atoms with E-state index in [4.69, 9.17) is 4.74 Å². The first-order valence-corrected chi connectivity index (χ1v) is 7.30. The summed E-state index contributed by atoms with van der Waals surface area (Å²) in [5.41, 5.74) is 1.34. The lowest BCUT2D eigenvalue weighted by molar-refractivity contribution is 0.132. The lowest BCUT2D eigenvalue weighted by atomic mass is 10.1. The van der Waals surface area contributed by atoms with E-state index in [1.54, 1.807) is 0 Å². The van der Waals surface area contributed by atoms with E-state index >= 15 is 0 Å². The van der Waals surface area contributed by atoms with Crippen molar-refractivity contribution in [3.8, 4) is 0 Å². The summed E-state index contributed by atoms with van der Waals surface area (Å²) in [6.45, 7) is 9.34. The Morgan fingerprint density at radius 1 is 1.11 bits per heavy atom. The summed E-state index contributed by atoms with van der Waals surface area (Å²) < 4.78 is 5.62. The van der Waals surface area contributed by atoms with E-state index in [2.05, 4.69) is 31.1 Å². The van der Waals surface area contributed by atoms with Gasteiger partial charge in [-0.05, 0) is 58.7 Å². The largest absolute Gasteiger partial charge is 0.381 e. The van der Waals surface area contributed by atoms with Crippen molar-refractivity contribution < 1.29 is 4.74 Å². The summed E-state index contributed by atoms with van der Waals surface area (Å²) >= 11 is 0. The van der Waals surface area contributed by atoms with E-state index < -0.39 is 0 Å². The lowest BCUT2D eigenvalue weighted by Crippen LogP contribution is -2.36. The summed E-state index contributed by atoms with van der Waals surface area (Å²) in [5, 5.41) is 3.50. The molecule has 3 nitrogen and oxygen atoms in total. The summed E-state index contributed by atoms with van der Waals surface area (Å²) in [6, 6.07) is 6.00. The van der Waals surface area contributed by atoms with Crippen LogP contribution in [-0.4, -0.2) is 30.3 Å². The van der Waals surface area contributed by atoms with Crippen molar-refractivity contribution in [1.82, 2.24) is 10.3 Å². The highest BCUT2D eigenvalue weighted by Crippen LogP contribution is 2.01. The molecule has 0 fully saturated rings. The average molecular weight is 264 g/mol. The van der Waals surface area contributed by atoms with Crippen LogP contribution in [0, 0.1) is 0 Å². The molecule has 0 saturated carbocycles. The van der Waals surface area contributed by atoms with E-state index in [0.717, 1.165) is 38.3 Å². The molecule has 19 heavy (non-hydrogen) atoms. The number of aromatic nitrogens is 1. The molecule has 0 aliphatic carbocycles. The first kappa shape index (κ1) is 16.1. The molecular formula is C16H28N2O. The number of hydrogen-bond acceptors (Lipinski definition) is 3. The van der Waals surface area contributed by atoms with Gasteiger partial charge in [0.25, 0.3) is 0 Å². The maximum atomic E-state index is 5.62. The maximum Gasteiger partial charge on any atom is 0.0521 e. The molecule has 0 radical (unpaired) electrons. The van der Waals surface area contributed by atoms with E-state index in [-0.39, 0.29) is 5.54 Å². The molecular weight excluding hydrogens is 236 g/mol. The highest BCUT2D eigenvalue weighted by atomic mass is 16.5. The standard InChI is InChI=1S/C16H28N2O/c1-16(2,3)18-12-6-4-8-13-19-14-10-15-9-5-7-11-17-15/h5,7,9,11,18H,4,6,8,10,12-14H2,1-3H3. The van der Waals surface area contributed by atoms with Crippen LogP contribution in [0.15, 0.2) is 24.4 Å². The van der Waals surface area contributed by atoms with Gasteiger partial charge in [-0.15, -0.1) is 0 Å². The molecule has 0 aliphatic rings. The fourth-order valence-corrected chi connectivity index (χ4v) is 1.79. The average Bonchev–Trinajstić information content (AvgIpc) is 2.37. The lowest BCUT2D eigenvalue weighted by Gasteiger charge is -2.20. The normalized spacial score (nSPS) is 11.7. The van der Waals surface area contributed by atoms with Gasteiger partial charge in [0.05, 0.1) is 6.61 Å². The number of ether oxygens (including phenoxy) is 1. The van der Waals surface area contributed by atoms with E-state index in [9.17, 15) is 0 Å². The van der Waals surface area contributed by atoms with Gasteiger partial charge < -0.3 is 10.1 Å². The monoisotopic (exact) mass is 264 g/mol. The Morgan fingerprint density at radius 2 is 1.95 bits per heavy atom. The fourth-order valence-electron chi connectivity index (χ4n) is 1.79. The Kier molecular flexibility index (Phi) is 7.68. The van der Waals surface area contributed by atoms with Crippen molar-refractivity contribution in [2.24, 2.45) is 0 Å². The molecule has 1 aromatic heterocycles. The Labute approximate surface area is 117 Å². The molecule has 0 atom stereocenters. The van der Waals surface area contributed by atoms with E-state index in [0.29, 0.717) is 0 Å². The Bertz CT molecular complexity index is 319.